The summed E-state index contributed by atoms with van der Waals surface area (Å²) < 4.78 is 30.0. The van der Waals surface area contributed by atoms with Crippen LogP contribution in [-0.2, 0) is 4.57 Å². The van der Waals surface area contributed by atoms with E-state index in [0.717, 1.165) is 5.56 Å². The van der Waals surface area contributed by atoms with Crippen molar-refractivity contribution in [3.05, 3.63) is 96.1 Å². The lowest BCUT2D eigenvalue weighted by atomic mass is 10.2. The lowest BCUT2D eigenvalue weighted by Crippen LogP contribution is -2.07. The first-order valence-corrected chi connectivity index (χ1v) is 10.0. The van der Waals surface area contributed by atoms with Gasteiger partial charge in [0, 0.05) is 11.1 Å². The number of benzene rings is 3. The molecule has 0 spiro atoms. The summed E-state index contributed by atoms with van der Waals surface area (Å²) in [6.45, 7) is 3.68. The van der Waals surface area contributed by atoms with Crippen LogP contribution in [0.2, 0.25) is 0 Å². The van der Waals surface area contributed by atoms with Gasteiger partial charge in [0.2, 0.25) is 0 Å². The topological polar surface area (TPSA) is 78.9 Å². The molecule has 0 unspecified atom stereocenters. The zero-order valence-electron chi connectivity index (χ0n) is 15.3. The molecule has 0 heterocycles. The Morgan fingerprint density at radius 1 is 0.586 bits per heavy atom. The van der Waals surface area contributed by atoms with Crippen LogP contribution < -0.4 is 13.6 Å². The molecule has 0 aromatic heterocycles. The van der Waals surface area contributed by atoms with E-state index in [4.69, 9.17) is 13.6 Å². The molecular formula is C22H17O6P. The zero-order chi connectivity index (χ0) is 20.7. The first-order chi connectivity index (χ1) is 14.0. The molecule has 0 saturated heterocycles. The fraction of sp³-hybridized carbons (Fsp3) is 0. The predicted molar refractivity (Wildman–Crippen MR) is 110 cm³/mol. The van der Waals surface area contributed by atoms with Crippen molar-refractivity contribution >= 4 is 26.5 Å². The lowest BCUT2D eigenvalue weighted by Gasteiger charge is -2.19. The van der Waals surface area contributed by atoms with Crippen LogP contribution in [0.5, 0.6) is 17.2 Å². The molecule has 0 fully saturated rings. The molecule has 0 amide bonds. The average Bonchev–Trinajstić information content (AvgIpc) is 2.75. The van der Waals surface area contributed by atoms with E-state index in [1.54, 1.807) is 30.3 Å². The van der Waals surface area contributed by atoms with E-state index in [9.17, 15) is 14.2 Å². The summed E-state index contributed by atoms with van der Waals surface area (Å²) in [4.78, 5) is 21.6. The normalized spacial score (nSPS) is 10.6. The molecule has 0 bridgehead atoms. The Balaban J connectivity index is 1.88. The van der Waals surface area contributed by atoms with Crippen LogP contribution in [0.4, 0.5) is 0 Å². The fourth-order valence-corrected chi connectivity index (χ4v) is 3.57. The summed E-state index contributed by atoms with van der Waals surface area (Å²) in [6, 6.07) is 18.7. The van der Waals surface area contributed by atoms with Gasteiger partial charge >= 0.3 is 7.82 Å². The van der Waals surface area contributed by atoms with Crippen molar-refractivity contribution in [1.82, 2.24) is 0 Å². The molecule has 6 nitrogen and oxygen atoms in total. The van der Waals surface area contributed by atoms with Crippen molar-refractivity contribution in [2.75, 3.05) is 0 Å². The standard InChI is InChI=1S/C22H17O6P/c1-2-17-3-9-20(10-4-17)26-29(25,27-21-11-5-18(15-23)6-12-21)28-22-13-7-19(16-24)8-14-22/h2-16H,1H2. The van der Waals surface area contributed by atoms with Crippen molar-refractivity contribution in [2.45, 2.75) is 0 Å². The molecule has 0 atom stereocenters. The van der Waals surface area contributed by atoms with Gasteiger partial charge in [-0.2, -0.15) is 4.57 Å². The van der Waals surface area contributed by atoms with Gasteiger partial charge in [-0.1, -0.05) is 24.8 Å². The smallest absolute Gasteiger partial charge is 0.386 e. The van der Waals surface area contributed by atoms with Crippen molar-refractivity contribution in [1.29, 1.82) is 0 Å². The van der Waals surface area contributed by atoms with Crippen LogP contribution in [0.3, 0.4) is 0 Å². The third-order valence-corrected chi connectivity index (χ3v) is 5.10. The van der Waals surface area contributed by atoms with E-state index >= 15 is 0 Å². The maximum absolute atomic E-state index is 13.4. The Labute approximate surface area is 168 Å². The Morgan fingerprint density at radius 3 is 1.17 bits per heavy atom. The van der Waals surface area contributed by atoms with E-state index in [-0.39, 0.29) is 17.2 Å². The highest BCUT2D eigenvalue weighted by atomic mass is 31.2. The highest BCUT2D eigenvalue weighted by Crippen LogP contribution is 2.49. The number of phosphoric acid groups is 1. The average molecular weight is 408 g/mol. The molecule has 29 heavy (non-hydrogen) atoms. The second-order valence-electron chi connectivity index (χ2n) is 5.87. The van der Waals surface area contributed by atoms with Gasteiger partial charge in [0.25, 0.3) is 0 Å². The maximum atomic E-state index is 13.4. The molecule has 3 rings (SSSR count). The van der Waals surface area contributed by atoms with Crippen LogP contribution in [0.15, 0.2) is 79.4 Å². The van der Waals surface area contributed by atoms with E-state index in [0.29, 0.717) is 23.7 Å². The third kappa shape index (κ3) is 5.43. The summed E-state index contributed by atoms with van der Waals surface area (Å²) >= 11 is 0. The molecule has 3 aromatic rings. The number of phosphoric ester groups is 1. The molecular weight excluding hydrogens is 391 g/mol. The molecule has 0 aliphatic carbocycles. The van der Waals surface area contributed by atoms with Crippen LogP contribution >= 0.6 is 7.82 Å². The van der Waals surface area contributed by atoms with Crippen molar-refractivity contribution in [3.8, 4) is 17.2 Å². The summed E-state index contributed by atoms with van der Waals surface area (Å²) in [5, 5.41) is 0. The number of carbonyl (C=O) groups is 2. The first-order valence-electron chi connectivity index (χ1n) is 8.55. The summed E-state index contributed by atoms with van der Waals surface area (Å²) in [7, 11) is -4.16. The van der Waals surface area contributed by atoms with Gasteiger partial charge in [-0.3, -0.25) is 9.59 Å². The van der Waals surface area contributed by atoms with Gasteiger partial charge in [-0.15, -0.1) is 0 Å². The lowest BCUT2D eigenvalue weighted by molar-refractivity contribution is 0.111. The molecule has 7 heteroatoms. The quantitative estimate of drug-likeness (QED) is 0.339. The Bertz CT molecular complexity index is 903. The van der Waals surface area contributed by atoms with Gasteiger partial charge in [0.15, 0.2) is 0 Å². The van der Waals surface area contributed by atoms with E-state index in [2.05, 4.69) is 6.58 Å². The fourth-order valence-electron chi connectivity index (χ4n) is 2.32. The molecule has 0 aliphatic rings. The van der Waals surface area contributed by atoms with Crippen LogP contribution in [0, 0.1) is 0 Å². The highest BCUT2D eigenvalue weighted by Gasteiger charge is 2.33. The number of carbonyl (C=O) groups excluding carboxylic acids is 2. The highest BCUT2D eigenvalue weighted by molar-refractivity contribution is 7.49. The van der Waals surface area contributed by atoms with Gasteiger partial charge in [0.05, 0.1) is 0 Å². The minimum atomic E-state index is -4.16. The monoisotopic (exact) mass is 408 g/mol. The largest absolute Gasteiger partial charge is 0.647 e. The second kappa shape index (κ2) is 9.04. The second-order valence-corrected chi connectivity index (χ2v) is 7.31. The van der Waals surface area contributed by atoms with E-state index in [1.165, 1.54) is 48.5 Å². The zero-order valence-corrected chi connectivity index (χ0v) is 16.2. The van der Waals surface area contributed by atoms with E-state index < -0.39 is 7.82 Å². The number of hydrogen-bond donors (Lipinski definition) is 0. The molecule has 0 N–H and O–H groups in total. The van der Waals surface area contributed by atoms with Crippen LogP contribution in [0.1, 0.15) is 26.3 Å². The summed E-state index contributed by atoms with van der Waals surface area (Å²) in [6.07, 6.45) is 3.04. The van der Waals surface area contributed by atoms with Crippen molar-refractivity contribution in [2.24, 2.45) is 0 Å². The van der Waals surface area contributed by atoms with Crippen LogP contribution in [0.25, 0.3) is 6.08 Å². The van der Waals surface area contributed by atoms with Crippen LogP contribution in [-0.4, -0.2) is 12.6 Å². The van der Waals surface area contributed by atoms with Gasteiger partial charge in [0.1, 0.15) is 29.8 Å². The number of hydrogen-bond acceptors (Lipinski definition) is 6. The van der Waals surface area contributed by atoms with Gasteiger partial charge in [-0.25, -0.2) is 0 Å². The van der Waals surface area contributed by atoms with Crippen molar-refractivity contribution in [3.63, 3.8) is 0 Å². The molecule has 0 aliphatic heterocycles. The number of aldehydes is 2. The molecule has 146 valence electrons. The first kappa shape index (κ1) is 20.1. The third-order valence-electron chi connectivity index (χ3n) is 3.80. The minimum Gasteiger partial charge on any atom is -0.386 e. The van der Waals surface area contributed by atoms with E-state index in [1.807, 2.05) is 0 Å². The van der Waals surface area contributed by atoms with Gasteiger partial charge < -0.3 is 13.6 Å². The van der Waals surface area contributed by atoms with Gasteiger partial charge in [-0.05, 0) is 66.2 Å². The molecule has 0 saturated carbocycles. The van der Waals surface area contributed by atoms with Crippen molar-refractivity contribution < 1.29 is 27.7 Å². The summed E-state index contributed by atoms with van der Waals surface area (Å²) in [5.74, 6) is 0.672. The Hall–Kier alpha value is -3.63. The SMILES string of the molecule is C=Cc1ccc(OP(=O)(Oc2ccc(C=O)cc2)Oc2ccc(C=O)cc2)cc1. The predicted octanol–water partition coefficient (Wildman–Crippen LogP) is 5.60. The summed E-state index contributed by atoms with van der Waals surface area (Å²) in [5.41, 5.74) is 1.75. The molecule has 0 radical (unpaired) electrons. The minimum absolute atomic E-state index is 0.200. The Kier molecular flexibility index (Phi) is 6.27. The number of rotatable bonds is 9. The maximum Gasteiger partial charge on any atom is 0.647 e. The molecule has 3 aromatic carbocycles. The Morgan fingerprint density at radius 2 is 0.897 bits per heavy atom.